The van der Waals surface area contributed by atoms with Gasteiger partial charge in [0.1, 0.15) is 0 Å². The highest BCUT2D eigenvalue weighted by atomic mass is 32.2. The van der Waals surface area contributed by atoms with Gasteiger partial charge in [0.15, 0.2) is 0 Å². The van der Waals surface area contributed by atoms with Crippen LogP contribution in [0.15, 0.2) is 18.2 Å². The Morgan fingerprint density at radius 3 is 2.80 bits per heavy atom. The Labute approximate surface area is 92.1 Å². The molecule has 0 saturated heterocycles. The van der Waals surface area contributed by atoms with Gasteiger partial charge in [-0.3, -0.25) is 0 Å². The lowest BCUT2D eigenvalue weighted by atomic mass is 10.1. The van der Waals surface area contributed by atoms with E-state index in [1.807, 2.05) is 0 Å². The Morgan fingerprint density at radius 1 is 1.47 bits per heavy atom. The Bertz CT molecular complexity index is 355. The molecule has 82 valence electrons. The summed E-state index contributed by atoms with van der Waals surface area (Å²) in [5.74, 6) is 0.133. The molecule has 0 fully saturated rings. The van der Waals surface area contributed by atoms with Gasteiger partial charge in [-0.1, -0.05) is 12.1 Å². The van der Waals surface area contributed by atoms with Crippen molar-refractivity contribution in [2.75, 3.05) is 18.1 Å². The van der Waals surface area contributed by atoms with Crippen LogP contribution in [0, 0.1) is 0 Å². The molecular weight excluding hydrogens is 214 g/mol. The summed E-state index contributed by atoms with van der Waals surface area (Å²) in [5.41, 5.74) is 6.73. The number of hydrogen-bond acceptors (Lipinski definition) is 4. The number of carboxylic acid groups (broad SMARTS) is 1. The maximum atomic E-state index is 10.9. The second-order valence-corrected chi connectivity index (χ2v) is 4.07. The number of benzene rings is 1. The molecule has 0 aliphatic heterocycles. The van der Waals surface area contributed by atoms with Crippen LogP contribution >= 0.6 is 11.8 Å². The van der Waals surface area contributed by atoms with Crippen LogP contribution < -0.4 is 5.73 Å². The van der Waals surface area contributed by atoms with Crippen LogP contribution in [0.3, 0.4) is 0 Å². The minimum atomic E-state index is -1.01. The van der Waals surface area contributed by atoms with E-state index in [1.165, 1.54) is 11.8 Å². The monoisotopic (exact) mass is 227 g/mol. The number of anilines is 1. The highest BCUT2D eigenvalue weighted by Gasteiger charge is 2.12. The summed E-state index contributed by atoms with van der Waals surface area (Å²) < 4.78 is 0. The first kappa shape index (κ1) is 11.9. The molecule has 0 amide bonds. The Morgan fingerprint density at radius 2 is 2.20 bits per heavy atom. The van der Waals surface area contributed by atoms with Crippen LogP contribution in [0.2, 0.25) is 0 Å². The quantitative estimate of drug-likeness (QED) is 0.520. The maximum absolute atomic E-state index is 10.9. The van der Waals surface area contributed by atoms with Gasteiger partial charge in [-0.05, 0) is 11.6 Å². The van der Waals surface area contributed by atoms with Gasteiger partial charge in [0, 0.05) is 17.2 Å². The third-order valence-electron chi connectivity index (χ3n) is 1.89. The lowest BCUT2D eigenvalue weighted by Crippen LogP contribution is -2.06. The summed E-state index contributed by atoms with van der Waals surface area (Å²) in [6.45, 7) is 0.0926. The predicted molar refractivity (Wildman–Crippen MR) is 61.1 cm³/mol. The van der Waals surface area contributed by atoms with E-state index in [-0.39, 0.29) is 17.9 Å². The van der Waals surface area contributed by atoms with Crippen molar-refractivity contribution in [1.29, 1.82) is 0 Å². The van der Waals surface area contributed by atoms with Gasteiger partial charge in [0.05, 0.1) is 12.2 Å². The summed E-state index contributed by atoms with van der Waals surface area (Å²) in [7, 11) is 0. The van der Waals surface area contributed by atoms with Crippen molar-refractivity contribution < 1.29 is 15.0 Å². The van der Waals surface area contributed by atoms with Crippen molar-refractivity contribution in [3.8, 4) is 0 Å². The average Bonchev–Trinajstić information content (AvgIpc) is 2.17. The lowest BCUT2D eigenvalue weighted by molar-refractivity contribution is 0.0697. The summed E-state index contributed by atoms with van der Waals surface area (Å²) in [5, 5.41) is 17.6. The largest absolute Gasteiger partial charge is 0.478 e. The number of aliphatic hydroxyl groups excluding tert-OH is 1. The molecule has 0 aliphatic rings. The van der Waals surface area contributed by atoms with Crippen molar-refractivity contribution in [3.63, 3.8) is 0 Å². The van der Waals surface area contributed by atoms with Crippen molar-refractivity contribution in [2.24, 2.45) is 0 Å². The molecule has 5 heteroatoms. The number of carbonyl (C=O) groups is 1. The zero-order valence-corrected chi connectivity index (χ0v) is 8.96. The van der Waals surface area contributed by atoms with Gasteiger partial charge in [-0.15, -0.1) is 0 Å². The van der Waals surface area contributed by atoms with Crippen LogP contribution in [0.1, 0.15) is 15.9 Å². The molecule has 4 N–H and O–H groups in total. The molecule has 0 heterocycles. The summed E-state index contributed by atoms with van der Waals surface area (Å²) in [6, 6.07) is 5.05. The molecule has 0 atom stereocenters. The van der Waals surface area contributed by atoms with E-state index >= 15 is 0 Å². The number of rotatable bonds is 5. The van der Waals surface area contributed by atoms with Gasteiger partial charge in [0.25, 0.3) is 0 Å². The Hall–Kier alpha value is -1.20. The fraction of sp³-hybridized carbons (Fsp3) is 0.300. The SMILES string of the molecule is Nc1cccc(CSCCO)c1C(=O)O. The molecule has 0 unspecified atom stereocenters. The van der Waals surface area contributed by atoms with E-state index in [0.29, 0.717) is 17.1 Å². The molecule has 0 spiro atoms. The number of carboxylic acids is 1. The van der Waals surface area contributed by atoms with Gasteiger partial charge >= 0.3 is 5.97 Å². The Balaban J connectivity index is 2.86. The first-order chi connectivity index (χ1) is 7.16. The molecule has 0 aliphatic carbocycles. The number of hydrogen-bond donors (Lipinski definition) is 3. The fourth-order valence-electron chi connectivity index (χ4n) is 1.25. The highest BCUT2D eigenvalue weighted by molar-refractivity contribution is 7.98. The molecule has 0 bridgehead atoms. The number of aliphatic hydroxyl groups is 1. The van der Waals surface area contributed by atoms with Crippen molar-refractivity contribution in [2.45, 2.75) is 5.75 Å². The normalized spacial score (nSPS) is 10.2. The van der Waals surface area contributed by atoms with E-state index < -0.39 is 5.97 Å². The smallest absolute Gasteiger partial charge is 0.338 e. The lowest BCUT2D eigenvalue weighted by Gasteiger charge is -2.07. The van der Waals surface area contributed by atoms with Gasteiger partial charge in [-0.2, -0.15) is 11.8 Å². The molecule has 0 radical (unpaired) electrons. The van der Waals surface area contributed by atoms with Gasteiger partial charge in [0.2, 0.25) is 0 Å². The van der Waals surface area contributed by atoms with Crippen LogP contribution in [0.4, 0.5) is 5.69 Å². The second-order valence-electron chi connectivity index (χ2n) is 2.96. The second kappa shape index (κ2) is 5.63. The van der Waals surface area contributed by atoms with E-state index in [2.05, 4.69) is 0 Å². The molecule has 1 aromatic carbocycles. The average molecular weight is 227 g/mol. The molecule has 0 aromatic heterocycles. The van der Waals surface area contributed by atoms with Gasteiger partial charge in [-0.25, -0.2) is 4.79 Å². The molecule has 4 nitrogen and oxygen atoms in total. The predicted octanol–water partition coefficient (Wildman–Crippen LogP) is 1.19. The molecule has 1 aromatic rings. The minimum Gasteiger partial charge on any atom is -0.478 e. The fourth-order valence-corrected chi connectivity index (χ4v) is 1.98. The van der Waals surface area contributed by atoms with E-state index in [0.717, 1.165) is 0 Å². The summed E-state index contributed by atoms with van der Waals surface area (Å²) in [6.07, 6.45) is 0. The van der Waals surface area contributed by atoms with Crippen molar-refractivity contribution >= 4 is 23.4 Å². The number of nitrogen functional groups attached to an aromatic ring is 1. The van der Waals surface area contributed by atoms with Crippen LogP contribution in [0.5, 0.6) is 0 Å². The first-order valence-electron chi connectivity index (χ1n) is 4.46. The van der Waals surface area contributed by atoms with Crippen LogP contribution in [0.25, 0.3) is 0 Å². The third-order valence-corrected chi connectivity index (χ3v) is 2.88. The van der Waals surface area contributed by atoms with Crippen molar-refractivity contribution in [3.05, 3.63) is 29.3 Å². The molecular formula is C10H13NO3S. The summed E-state index contributed by atoms with van der Waals surface area (Å²) >= 11 is 1.48. The minimum absolute atomic E-state index is 0.0926. The number of aromatic carboxylic acids is 1. The molecule has 15 heavy (non-hydrogen) atoms. The Kier molecular flexibility index (Phi) is 4.45. The van der Waals surface area contributed by atoms with Crippen LogP contribution in [-0.2, 0) is 5.75 Å². The number of nitrogens with two attached hydrogens (primary N) is 1. The zero-order chi connectivity index (χ0) is 11.3. The van der Waals surface area contributed by atoms with Crippen molar-refractivity contribution in [1.82, 2.24) is 0 Å². The third kappa shape index (κ3) is 3.14. The highest BCUT2D eigenvalue weighted by Crippen LogP contribution is 2.21. The number of thioether (sulfide) groups is 1. The van der Waals surface area contributed by atoms with E-state index in [9.17, 15) is 4.79 Å². The van der Waals surface area contributed by atoms with E-state index in [1.54, 1.807) is 18.2 Å². The zero-order valence-electron chi connectivity index (χ0n) is 8.14. The van der Waals surface area contributed by atoms with E-state index in [4.69, 9.17) is 15.9 Å². The van der Waals surface area contributed by atoms with Crippen LogP contribution in [-0.4, -0.2) is 28.5 Å². The first-order valence-corrected chi connectivity index (χ1v) is 5.61. The standard InChI is InChI=1S/C10H13NO3S/c11-8-3-1-2-7(6-15-5-4-12)9(8)10(13)14/h1-3,12H,4-6,11H2,(H,13,14). The maximum Gasteiger partial charge on any atom is 0.338 e. The molecule has 0 saturated carbocycles. The summed E-state index contributed by atoms with van der Waals surface area (Å²) in [4.78, 5) is 10.9. The topological polar surface area (TPSA) is 83.5 Å². The van der Waals surface area contributed by atoms with Gasteiger partial charge < -0.3 is 15.9 Å². The molecule has 1 rings (SSSR count).